The van der Waals surface area contributed by atoms with Crippen LogP contribution in [0.15, 0.2) is 0 Å². The largest absolute Gasteiger partial charge is 0.369 e. The number of carbonyl (C=O) groups excluding carboxylic acids is 1. The minimum Gasteiger partial charge on any atom is -0.369 e. The third-order valence-corrected chi connectivity index (χ3v) is 4.20. The van der Waals surface area contributed by atoms with Crippen molar-refractivity contribution in [3.63, 3.8) is 0 Å². The van der Waals surface area contributed by atoms with Crippen LogP contribution in [-0.2, 0) is 10.2 Å². The van der Waals surface area contributed by atoms with Gasteiger partial charge in [0, 0.05) is 28.9 Å². The molecule has 1 aromatic heterocycles. The molecule has 1 aliphatic carbocycles. The van der Waals surface area contributed by atoms with E-state index in [4.69, 9.17) is 5.73 Å². The first kappa shape index (κ1) is 14.2. The van der Waals surface area contributed by atoms with Crippen LogP contribution in [0.2, 0.25) is 0 Å². The summed E-state index contributed by atoms with van der Waals surface area (Å²) in [7, 11) is 0. The molecule has 0 atom stereocenters. The van der Waals surface area contributed by atoms with Gasteiger partial charge in [0.05, 0.1) is 0 Å². The molecule has 106 valence electrons. The van der Waals surface area contributed by atoms with Gasteiger partial charge in [0.15, 0.2) is 0 Å². The minimum atomic E-state index is -0.163. The van der Waals surface area contributed by atoms with Crippen molar-refractivity contribution in [2.75, 3.05) is 5.32 Å². The van der Waals surface area contributed by atoms with Crippen LogP contribution >= 0.6 is 11.5 Å². The first-order chi connectivity index (χ1) is 8.86. The summed E-state index contributed by atoms with van der Waals surface area (Å²) in [6.45, 7) is 6.32. The lowest BCUT2D eigenvalue weighted by molar-refractivity contribution is -0.122. The highest BCUT2D eigenvalue weighted by Gasteiger charge is 2.26. The quantitative estimate of drug-likeness (QED) is 0.891. The molecule has 0 bridgehead atoms. The molecule has 1 fully saturated rings. The van der Waals surface area contributed by atoms with Gasteiger partial charge in [-0.05, 0) is 25.7 Å². The fraction of sp³-hybridized carbons (Fsp3) is 0.769. The van der Waals surface area contributed by atoms with E-state index in [1.807, 2.05) is 0 Å². The Balaban J connectivity index is 1.89. The second kappa shape index (κ2) is 5.45. The maximum absolute atomic E-state index is 11.1. The number of amides is 1. The number of nitrogens with zero attached hydrogens (tertiary/aromatic N) is 2. The second-order valence-electron chi connectivity index (χ2n) is 6.27. The highest BCUT2D eigenvalue weighted by Crippen LogP contribution is 2.28. The van der Waals surface area contributed by atoms with Crippen LogP contribution < -0.4 is 11.1 Å². The Kier molecular flexibility index (Phi) is 4.08. The van der Waals surface area contributed by atoms with Gasteiger partial charge in [0.25, 0.3) is 0 Å². The van der Waals surface area contributed by atoms with Crippen LogP contribution in [-0.4, -0.2) is 21.3 Å². The SMILES string of the molecule is CC(C)(C)c1nsc(NC2CCC(C(N)=O)CC2)n1. The zero-order valence-corrected chi connectivity index (χ0v) is 12.6. The van der Waals surface area contributed by atoms with Crippen molar-refractivity contribution in [3.8, 4) is 0 Å². The normalized spacial score (nSPS) is 24.2. The summed E-state index contributed by atoms with van der Waals surface area (Å²) >= 11 is 1.41. The highest BCUT2D eigenvalue weighted by molar-refractivity contribution is 7.09. The maximum atomic E-state index is 11.1. The zero-order valence-electron chi connectivity index (χ0n) is 11.8. The summed E-state index contributed by atoms with van der Waals surface area (Å²) in [4.78, 5) is 15.6. The summed E-state index contributed by atoms with van der Waals surface area (Å²) in [5, 5.41) is 4.31. The molecule has 2 rings (SSSR count). The Morgan fingerprint density at radius 3 is 2.42 bits per heavy atom. The van der Waals surface area contributed by atoms with Crippen LogP contribution in [0.3, 0.4) is 0 Å². The average molecular weight is 282 g/mol. The molecule has 0 radical (unpaired) electrons. The zero-order chi connectivity index (χ0) is 14.0. The molecule has 1 aliphatic rings. The maximum Gasteiger partial charge on any atom is 0.220 e. The Bertz CT molecular complexity index is 444. The van der Waals surface area contributed by atoms with E-state index in [2.05, 4.69) is 35.4 Å². The number of hydrogen-bond acceptors (Lipinski definition) is 5. The molecule has 1 amide bonds. The average Bonchev–Trinajstić information content (AvgIpc) is 2.78. The molecule has 1 saturated carbocycles. The van der Waals surface area contributed by atoms with Crippen LogP contribution in [0.25, 0.3) is 0 Å². The molecule has 3 N–H and O–H groups in total. The first-order valence-corrected chi connectivity index (χ1v) is 7.53. The van der Waals surface area contributed by atoms with E-state index in [-0.39, 0.29) is 17.2 Å². The summed E-state index contributed by atoms with van der Waals surface area (Å²) in [6, 6.07) is 0.386. The Labute approximate surface area is 118 Å². The van der Waals surface area contributed by atoms with Crippen molar-refractivity contribution in [2.45, 2.75) is 57.9 Å². The Morgan fingerprint density at radius 2 is 1.95 bits per heavy atom. The second-order valence-corrected chi connectivity index (χ2v) is 7.02. The van der Waals surface area contributed by atoms with E-state index in [0.717, 1.165) is 36.6 Å². The van der Waals surface area contributed by atoms with Gasteiger partial charge in [0.1, 0.15) is 5.82 Å². The summed E-state index contributed by atoms with van der Waals surface area (Å²) in [6.07, 6.45) is 3.69. The number of anilines is 1. The van der Waals surface area contributed by atoms with Crippen molar-refractivity contribution in [2.24, 2.45) is 11.7 Å². The van der Waals surface area contributed by atoms with E-state index >= 15 is 0 Å². The predicted octanol–water partition coefficient (Wildman–Crippen LogP) is 2.29. The van der Waals surface area contributed by atoms with Crippen molar-refractivity contribution in [3.05, 3.63) is 5.82 Å². The lowest BCUT2D eigenvalue weighted by Crippen LogP contribution is -2.32. The Morgan fingerprint density at radius 1 is 1.32 bits per heavy atom. The van der Waals surface area contributed by atoms with Gasteiger partial charge in [-0.25, -0.2) is 4.98 Å². The molecule has 0 aliphatic heterocycles. The third-order valence-electron chi connectivity index (χ3n) is 3.55. The predicted molar refractivity (Wildman–Crippen MR) is 77.2 cm³/mol. The molecule has 0 aromatic carbocycles. The Hall–Kier alpha value is -1.17. The number of nitrogens with two attached hydrogens (primary N) is 1. The highest BCUT2D eigenvalue weighted by atomic mass is 32.1. The summed E-state index contributed by atoms with van der Waals surface area (Å²) in [5.41, 5.74) is 5.32. The number of nitrogens with one attached hydrogen (secondary N) is 1. The van der Waals surface area contributed by atoms with Gasteiger partial charge in [-0.1, -0.05) is 20.8 Å². The van der Waals surface area contributed by atoms with Crippen LogP contribution in [0.1, 0.15) is 52.3 Å². The minimum absolute atomic E-state index is 0.0138. The molecule has 6 heteroatoms. The van der Waals surface area contributed by atoms with E-state index in [0.29, 0.717) is 6.04 Å². The van der Waals surface area contributed by atoms with Crippen molar-refractivity contribution in [1.29, 1.82) is 0 Å². The molecule has 19 heavy (non-hydrogen) atoms. The van der Waals surface area contributed by atoms with E-state index in [1.54, 1.807) is 0 Å². The third kappa shape index (κ3) is 3.65. The summed E-state index contributed by atoms with van der Waals surface area (Å²) < 4.78 is 4.39. The van der Waals surface area contributed by atoms with Crippen LogP contribution in [0, 0.1) is 5.92 Å². The smallest absolute Gasteiger partial charge is 0.220 e. The van der Waals surface area contributed by atoms with Gasteiger partial charge in [-0.15, -0.1) is 0 Å². The molecule has 0 spiro atoms. The van der Waals surface area contributed by atoms with Crippen LogP contribution in [0.4, 0.5) is 5.13 Å². The molecule has 0 unspecified atom stereocenters. The molecule has 5 nitrogen and oxygen atoms in total. The number of rotatable bonds is 3. The number of hydrogen-bond donors (Lipinski definition) is 2. The molecular formula is C13H22N4OS. The standard InChI is InChI=1S/C13H22N4OS/c1-13(2,3)11-16-12(19-17-11)15-9-6-4-8(5-7-9)10(14)18/h8-9H,4-7H2,1-3H3,(H2,14,18)(H,15,16,17). The van der Waals surface area contributed by atoms with E-state index in [1.165, 1.54) is 11.5 Å². The van der Waals surface area contributed by atoms with Crippen LogP contribution in [0.5, 0.6) is 0 Å². The van der Waals surface area contributed by atoms with Gasteiger partial charge in [0.2, 0.25) is 11.0 Å². The van der Waals surface area contributed by atoms with E-state index < -0.39 is 0 Å². The van der Waals surface area contributed by atoms with Crippen molar-refractivity contribution < 1.29 is 4.79 Å². The lowest BCUT2D eigenvalue weighted by atomic mass is 9.86. The van der Waals surface area contributed by atoms with Crippen molar-refractivity contribution in [1.82, 2.24) is 9.36 Å². The number of carbonyl (C=O) groups is 1. The van der Waals surface area contributed by atoms with E-state index in [9.17, 15) is 4.79 Å². The van der Waals surface area contributed by atoms with Gasteiger partial charge in [-0.2, -0.15) is 4.37 Å². The fourth-order valence-electron chi connectivity index (χ4n) is 2.28. The summed E-state index contributed by atoms with van der Waals surface area (Å²) in [5.74, 6) is 0.771. The monoisotopic (exact) mass is 282 g/mol. The van der Waals surface area contributed by atoms with Gasteiger partial charge in [-0.3, -0.25) is 4.79 Å². The number of primary amides is 1. The van der Waals surface area contributed by atoms with Gasteiger partial charge >= 0.3 is 0 Å². The molecular weight excluding hydrogens is 260 g/mol. The van der Waals surface area contributed by atoms with Crippen molar-refractivity contribution >= 4 is 22.6 Å². The molecule has 0 saturated heterocycles. The molecule has 1 heterocycles. The first-order valence-electron chi connectivity index (χ1n) is 6.76. The fourth-order valence-corrected chi connectivity index (χ4v) is 3.12. The number of aromatic nitrogens is 2. The molecule has 1 aromatic rings. The lowest BCUT2D eigenvalue weighted by Gasteiger charge is -2.26. The topological polar surface area (TPSA) is 80.9 Å². The van der Waals surface area contributed by atoms with Gasteiger partial charge < -0.3 is 11.1 Å².